The first kappa shape index (κ1) is 26.2. The number of nitrogens with two attached hydrogens (primary N) is 1. The van der Waals surface area contributed by atoms with E-state index in [2.05, 4.69) is 60.4 Å². The van der Waals surface area contributed by atoms with Gasteiger partial charge in [0.05, 0.1) is 12.9 Å². The van der Waals surface area contributed by atoms with Crippen molar-refractivity contribution in [1.29, 1.82) is 0 Å². The fourth-order valence-corrected chi connectivity index (χ4v) is 16.2. The fourth-order valence-electron chi connectivity index (χ4n) is 5.01. The summed E-state index contributed by atoms with van der Waals surface area (Å²) in [4.78, 5) is 16.3. The summed E-state index contributed by atoms with van der Waals surface area (Å²) in [6.07, 6.45) is -0.361. The summed E-state index contributed by atoms with van der Waals surface area (Å²) in [5.74, 6) is 0.0923. The van der Waals surface area contributed by atoms with Crippen LogP contribution in [0.4, 0.5) is 10.2 Å². The van der Waals surface area contributed by atoms with E-state index in [1.807, 2.05) is 0 Å². The molecule has 2 saturated heterocycles. The molecule has 2 fully saturated rings. The maximum atomic E-state index is 14.4. The molecule has 0 unspecified atom stereocenters. The molecule has 33 heavy (non-hydrogen) atoms. The number of aromatic nitrogens is 2. The SMILES string of the molecule is CC(C)[Si]1(C(C)C)OC[C@H]2O[C@H](n3ccc(N)nc3=O)/C(=C/F)[C@@H]2O[Si](C(C)C)(C(C)C)O1. The van der Waals surface area contributed by atoms with Crippen LogP contribution in [-0.2, 0) is 17.7 Å². The predicted octanol–water partition coefficient (Wildman–Crippen LogP) is 4.53. The van der Waals surface area contributed by atoms with Gasteiger partial charge in [-0.1, -0.05) is 55.4 Å². The Balaban J connectivity index is 2.13. The third-order valence-electron chi connectivity index (χ3n) is 6.81. The molecule has 0 amide bonds. The van der Waals surface area contributed by atoms with Crippen molar-refractivity contribution in [1.82, 2.24) is 9.55 Å². The molecular weight excluding hydrogens is 461 g/mol. The van der Waals surface area contributed by atoms with Crippen LogP contribution in [0.2, 0.25) is 22.2 Å². The highest BCUT2D eigenvalue weighted by molar-refractivity contribution is 6.84. The van der Waals surface area contributed by atoms with E-state index in [1.165, 1.54) is 16.8 Å². The van der Waals surface area contributed by atoms with Crippen LogP contribution in [-0.4, -0.2) is 45.5 Å². The lowest BCUT2D eigenvalue weighted by atomic mass is 10.1. The predicted molar refractivity (Wildman–Crippen MR) is 130 cm³/mol. The Kier molecular flexibility index (Phi) is 7.71. The Morgan fingerprint density at radius 3 is 2.15 bits per heavy atom. The number of hydrogen-bond donors (Lipinski definition) is 1. The highest BCUT2D eigenvalue weighted by atomic mass is 28.5. The molecule has 0 saturated carbocycles. The molecule has 8 nitrogen and oxygen atoms in total. The minimum Gasteiger partial charge on any atom is -0.414 e. The number of anilines is 1. The summed E-state index contributed by atoms with van der Waals surface area (Å²) in [7, 11) is -5.70. The van der Waals surface area contributed by atoms with Gasteiger partial charge in [-0.3, -0.25) is 4.57 Å². The standard InChI is InChI=1S/C22H38FN3O5Si2/c1-13(2)32(14(3)4)28-12-18-20(30-33(31-32,15(5)6)16(7)8)17(11-23)21(29-18)26-10-9-19(24)25-22(26)27/h9-11,13-16,18,20-21H,12H2,1-8H3,(H2,24,25,27)/b17-11+/t18-,20+,21+/m1/s1. The average molecular weight is 500 g/mol. The van der Waals surface area contributed by atoms with Gasteiger partial charge in [-0.25, -0.2) is 9.18 Å². The number of halogens is 1. The third-order valence-corrected chi connectivity index (χ3v) is 17.0. The van der Waals surface area contributed by atoms with Gasteiger partial charge in [0.2, 0.25) is 0 Å². The number of fused-ring (bicyclic) bond motifs is 1. The Morgan fingerprint density at radius 2 is 1.67 bits per heavy atom. The van der Waals surface area contributed by atoms with Gasteiger partial charge in [0.25, 0.3) is 0 Å². The number of hydrogen-bond acceptors (Lipinski definition) is 7. The molecule has 186 valence electrons. The molecule has 2 aliphatic heterocycles. The molecule has 3 atom stereocenters. The summed E-state index contributed by atoms with van der Waals surface area (Å²) < 4.78 is 42.5. The van der Waals surface area contributed by atoms with Crippen LogP contribution in [0.3, 0.4) is 0 Å². The van der Waals surface area contributed by atoms with Crippen LogP contribution in [0.15, 0.2) is 29.0 Å². The summed E-state index contributed by atoms with van der Waals surface area (Å²) in [6.45, 7) is 17.1. The normalized spacial score (nSPS) is 28.5. The highest BCUT2D eigenvalue weighted by Crippen LogP contribution is 2.49. The largest absolute Gasteiger partial charge is 0.414 e. The molecule has 2 N–H and O–H groups in total. The zero-order valence-electron chi connectivity index (χ0n) is 20.9. The third kappa shape index (κ3) is 4.51. The fraction of sp³-hybridized carbons (Fsp3) is 0.727. The topological polar surface area (TPSA) is 97.8 Å². The molecule has 2 aliphatic rings. The van der Waals surface area contributed by atoms with E-state index >= 15 is 0 Å². The smallest absolute Gasteiger partial charge is 0.351 e. The number of nitrogen functional groups attached to an aromatic ring is 1. The van der Waals surface area contributed by atoms with Crippen molar-refractivity contribution in [2.24, 2.45) is 0 Å². The van der Waals surface area contributed by atoms with E-state index in [4.69, 9.17) is 23.4 Å². The molecule has 0 bridgehead atoms. The van der Waals surface area contributed by atoms with Gasteiger partial charge < -0.3 is 23.4 Å². The van der Waals surface area contributed by atoms with Gasteiger partial charge in [-0.05, 0) is 28.2 Å². The lowest BCUT2D eigenvalue weighted by Gasteiger charge is -2.51. The summed E-state index contributed by atoms with van der Waals surface area (Å²) in [5.41, 5.74) is 5.78. The first-order chi connectivity index (χ1) is 15.4. The van der Waals surface area contributed by atoms with E-state index in [1.54, 1.807) is 0 Å². The van der Waals surface area contributed by atoms with E-state index in [-0.39, 0.29) is 40.2 Å². The van der Waals surface area contributed by atoms with Gasteiger partial charge in [-0.15, -0.1) is 0 Å². The minimum absolute atomic E-state index is 0.0880. The van der Waals surface area contributed by atoms with Gasteiger partial charge >= 0.3 is 22.8 Å². The average Bonchev–Trinajstić information content (AvgIpc) is 3.03. The Labute approximate surface area is 197 Å². The summed E-state index contributed by atoms with van der Waals surface area (Å²) in [6, 6.07) is 1.48. The van der Waals surface area contributed by atoms with Crippen LogP contribution in [0.1, 0.15) is 61.6 Å². The zero-order chi connectivity index (χ0) is 24.7. The van der Waals surface area contributed by atoms with E-state index in [0.29, 0.717) is 6.33 Å². The molecule has 3 rings (SSSR count). The van der Waals surface area contributed by atoms with Crippen LogP contribution in [0, 0.1) is 0 Å². The number of nitrogens with zero attached hydrogens (tertiary/aromatic N) is 2. The molecule has 1 aromatic heterocycles. The Hall–Kier alpha value is -1.38. The van der Waals surface area contributed by atoms with Gasteiger partial charge in [0.15, 0.2) is 6.23 Å². The Bertz CT molecular complexity index is 921. The first-order valence-corrected chi connectivity index (χ1v) is 15.7. The van der Waals surface area contributed by atoms with Crippen molar-refractivity contribution >= 4 is 22.9 Å². The highest BCUT2D eigenvalue weighted by Gasteiger charge is 2.61. The molecule has 0 radical (unpaired) electrons. The second-order valence-electron chi connectivity index (χ2n) is 10.2. The lowest BCUT2D eigenvalue weighted by Crippen LogP contribution is -2.65. The van der Waals surface area contributed by atoms with Crippen molar-refractivity contribution in [3.05, 3.63) is 34.7 Å². The van der Waals surface area contributed by atoms with Gasteiger partial charge in [0, 0.05) is 11.8 Å². The monoisotopic (exact) mass is 499 g/mol. The molecule has 0 spiro atoms. The van der Waals surface area contributed by atoms with Crippen LogP contribution in [0.25, 0.3) is 0 Å². The second-order valence-corrected chi connectivity index (χ2v) is 19.0. The minimum atomic E-state index is -2.95. The summed E-state index contributed by atoms with van der Waals surface area (Å²) in [5, 5.41) is 0. The van der Waals surface area contributed by atoms with Crippen molar-refractivity contribution in [2.75, 3.05) is 12.3 Å². The van der Waals surface area contributed by atoms with Gasteiger partial charge in [-0.2, -0.15) is 4.98 Å². The number of ether oxygens (including phenoxy) is 1. The lowest BCUT2D eigenvalue weighted by molar-refractivity contribution is -0.0561. The quantitative estimate of drug-likeness (QED) is 0.594. The summed E-state index contributed by atoms with van der Waals surface area (Å²) >= 11 is 0. The van der Waals surface area contributed by atoms with Crippen LogP contribution < -0.4 is 11.4 Å². The molecule has 0 aliphatic carbocycles. The second kappa shape index (κ2) is 9.70. The van der Waals surface area contributed by atoms with Crippen molar-refractivity contribution in [2.45, 2.75) is 96.0 Å². The number of rotatable bonds is 5. The zero-order valence-corrected chi connectivity index (χ0v) is 22.9. The maximum absolute atomic E-state index is 14.4. The molecule has 0 aromatic carbocycles. The van der Waals surface area contributed by atoms with Crippen molar-refractivity contribution in [3.8, 4) is 0 Å². The van der Waals surface area contributed by atoms with Crippen LogP contribution >= 0.6 is 0 Å². The first-order valence-electron chi connectivity index (χ1n) is 11.7. The Morgan fingerprint density at radius 1 is 1.09 bits per heavy atom. The van der Waals surface area contributed by atoms with Crippen molar-refractivity contribution < 1.29 is 22.1 Å². The maximum Gasteiger partial charge on any atom is 0.351 e. The van der Waals surface area contributed by atoms with Gasteiger partial charge in [0.1, 0.15) is 18.0 Å². The molecular formula is C22H38FN3O5Si2. The van der Waals surface area contributed by atoms with Crippen molar-refractivity contribution in [3.63, 3.8) is 0 Å². The molecule has 11 heteroatoms. The molecule has 1 aromatic rings. The molecule has 3 heterocycles. The van der Waals surface area contributed by atoms with E-state index < -0.39 is 41.2 Å². The van der Waals surface area contributed by atoms with Crippen LogP contribution in [0.5, 0.6) is 0 Å². The van der Waals surface area contributed by atoms with E-state index in [9.17, 15) is 9.18 Å². The van der Waals surface area contributed by atoms with E-state index in [0.717, 1.165) is 0 Å².